The molecule has 0 aromatic heterocycles. The Bertz CT molecular complexity index is 237. The fraction of sp³-hybridized carbons (Fsp3) is 0.500. The molecule has 66 valence electrons. The topological polar surface area (TPSA) is 55.4 Å². The van der Waals surface area contributed by atoms with Crippen LogP contribution in [0.4, 0.5) is 0 Å². The molecule has 1 saturated heterocycles. The Morgan fingerprint density at radius 3 is 2.67 bits per heavy atom. The molecule has 1 fully saturated rings. The van der Waals surface area contributed by atoms with Crippen LogP contribution >= 0.6 is 0 Å². The van der Waals surface area contributed by atoms with Crippen LogP contribution in [-0.4, -0.2) is 17.9 Å². The molecule has 1 aliphatic rings. The second-order valence-corrected chi connectivity index (χ2v) is 2.80. The highest BCUT2D eigenvalue weighted by atomic mass is 16.5. The zero-order valence-electron chi connectivity index (χ0n) is 7.09. The van der Waals surface area contributed by atoms with Gasteiger partial charge in [-0.25, -0.2) is 0 Å². The molecule has 1 rings (SSSR count). The van der Waals surface area contributed by atoms with Crippen LogP contribution in [-0.2, 0) is 14.3 Å². The largest absolute Gasteiger partial charge is 0.435 e. The van der Waals surface area contributed by atoms with Crippen molar-refractivity contribution < 1.29 is 14.3 Å². The van der Waals surface area contributed by atoms with Gasteiger partial charge in [-0.1, -0.05) is 0 Å². The lowest BCUT2D eigenvalue weighted by Gasteiger charge is -2.27. The van der Waals surface area contributed by atoms with Crippen LogP contribution in [0.25, 0.3) is 0 Å². The van der Waals surface area contributed by atoms with Crippen molar-refractivity contribution in [2.45, 2.75) is 26.3 Å². The summed E-state index contributed by atoms with van der Waals surface area (Å²) < 4.78 is 4.64. The lowest BCUT2D eigenvalue weighted by molar-refractivity contribution is -0.135. The lowest BCUT2D eigenvalue weighted by Crippen LogP contribution is -2.49. The van der Waals surface area contributed by atoms with Crippen LogP contribution in [0.1, 0.15) is 20.3 Å². The Hall–Kier alpha value is -1.32. The summed E-state index contributed by atoms with van der Waals surface area (Å²) in [6.07, 6.45) is 1.87. The van der Waals surface area contributed by atoms with E-state index in [2.05, 4.69) is 10.1 Å². The van der Waals surface area contributed by atoms with Crippen LogP contribution < -0.4 is 5.32 Å². The van der Waals surface area contributed by atoms with Gasteiger partial charge in [0.1, 0.15) is 0 Å². The number of carbonyl (C=O) groups is 2. The van der Waals surface area contributed by atoms with E-state index in [-0.39, 0.29) is 17.9 Å². The van der Waals surface area contributed by atoms with E-state index in [0.717, 1.165) is 5.57 Å². The van der Waals surface area contributed by atoms with Crippen molar-refractivity contribution in [1.82, 2.24) is 5.32 Å². The maximum Gasteiger partial charge on any atom is 0.307 e. The number of esters is 1. The van der Waals surface area contributed by atoms with E-state index in [9.17, 15) is 9.59 Å². The van der Waals surface area contributed by atoms with E-state index >= 15 is 0 Å². The molecule has 12 heavy (non-hydrogen) atoms. The third kappa shape index (κ3) is 2.08. The van der Waals surface area contributed by atoms with Crippen LogP contribution in [0, 0.1) is 0 Å². The standard InChI is InChI=1S/C8H11NO3/c1-5(4-12-6(2)10)7-3-8(11)9-7/h4,7H,3H2,1-2H3,(H,9,11). The normalized spacial score (nSPS) is 22.7. The minimum Gasteiger partial charge on any atom is -0.435 e. The van der Waals surface area contributed by atoms with Crippen LogP contribution in [0.5, 0.6) is 0 Å². The zero-order valence-corrected chi connectivity index (χ0v) is 7.09. The number of hydrogen-bond donors (Lipinski definition) is 1. The van der Waals surface area contributed by atoms with Gasteiger partial charge in [-0.05, 0) is 12.5 Å². The van der Waals surface area contributed by atoms with Gasteiger partial charge in [-0.15, -0.1) is 0 Å². The first-order chi connectivity index (χ1) is 5.59. The van der Waals surface area contributed by atoms with E-state index in [1.54, 1.807) is 0 Å². The van der Waals surface area contributed by atoms with Crippen molar-refractivity contribution in [3.05, 3.63) is 11.8 Å². The summed E-state index contributed by atoms with van der Waals surface area (Å²) >= 11 is 0. The Morgan fingerprint density at radius 1 is 1.67 bits per heavy atom. The van der Waals surface area contributed by atoms with Crippen molar-refractivity contribution >= 4 is 11.9 Å². The summed E-state index contributed by atoms with van der Waals surface area (Å²) in [5.41, 5.74) is 0.866. The van der Waals surface area contributed by atoms with Gasteiger partial charge in [0.2, 0.25) is 5.91 Å². The molecule has 1 amide bonds. The van der Waals surface area contributed by atoms with Gasteiger partial charge < -0.3 is 10.1 Å². The van der Waals surface area contributed by atoms with Crippen molar-refractivity contribution in [2.24, 2.45) is 0 Å². The quantitative estimate of drug-likeness (QED) is 0.368. The van der Waals surface area contributed by atoms with Crippen LogP contribution in [0.15, 0.2) is 11.8 Å². The first-order valence-corrected chi connectivity index (χ1v) is 3.73. The SMILES string of the molecule is CC(=O)OC=C(C)C1CC(=O)N1. The first-order valence-electron chi connectivity index (χ1n) is 3.73. The van der Waals surface area contributed by atoms with Crippen molar-refractivity contribution in [3.8, 4) is 0 Å². The predicted molar refractivity (Wildman–Crippen MR) is 42.1 cm³/mol. The van der Waals surface area contributed by atoms with Gasteiger partial charge in [0, 0.05) is 6.92 Å². The maximum absolute atomic E-state index is 10.5. The second-order valence-electron chi connectivity index (χ2n) is 2.80. The van der Waals surface area contributed by atoms with Gasteiger partial charge in [-0.2, -0.15) is 0 Å². The summed E-state index contributed by atoms with van der Waals surface area (Å²) in [4.78, 5) is 20.9. The first kappa shape index (κ1) is 8.77. The monoisotopic (exact) mass is 169 g/mol. The Morgan fingerprint density at radius 2 is 2.25 bits per heavy atom. The number of nitrogens with one attached hydrogen (secondary N) is 1. The molecular formula is C8H11NO3. The van der Waals surface area contributed by atoms with E-state index in [4.69, 9.17) is 0 Å². The highest BCUT2D eigenvalue weighted by Crippen LogP contribution is 2.13. The number of carbonyl (C=O) groups excluding carboxylic acids is 2. The average molecular weight is 169 g/mol. The minimum atomic E-state index is -0.347. The predicted octanol–water partition coefficient (Wildman–Crippen LogP) is 0.342. The van der Waals surface area contributed by atoms with Crippen molar-refractivity contribution in [2.75, 3.05) is 0 Å². The second kappa shape index (κ2) is 3.38. The number of ether oxygens (including phenoxy) is 1. The molecule has 0 spiro atoms. The summed E-state index contributed by atoms with van der Waals surface area (Å²) in [5, 5.41) is 2.67. The molecule has 1 N–H and O–H groups in total. The number of hydrogen-bond acceptors (Lipinski definition) is 3. The summed E-state index contributed by atoms with van der Waals surface area (Å²) in [6.45, 7) is 3.15. The third-order valence-electron chi connectivity index (χ3n) is 1.69. The van der Waals surface area contributed by atoms with Crippen molar-refractivity contribution in [1.29, 1.82) is 0 Å². The Labute approximate surface area is 70.6 Å². The van der Waals surface area contributed by atoms with E-state index in [1.807, 2.05) is 6.92 Å². The molecule has 0 aromatic carbocycles. The van der Waals surface area contributed by atoms with Crippen molar-refractivity contribution in [3.63, 3.8) is 0 Å². The number of β-lactam (4-membered cyclic amide) rings is 1. The summed E-state index contributed by atoms with van der Waals surface area (Å²) in [6, 6.07) is 0.0526. The van der Waals surface area contributed by atoms with Gasteiger partial charge in [-0.3, -0.25) is 9.59 Å². The molecule has 1 heterocycles. The van der Waals surface area contributed by atoms with Gasteiger partial charge in [0.15, 0.2) is 0 Å². The molecule has 1 aliphatic heterocycles. The van der Waals surface area contributed by atoms with E-state index in [1.165, 1.54) is 13.2 Å². The zero-order chi connectivity index (χ0) is 9.14. The Balaban J connectivity index is 2.37. The average Bonchev–Trinajstić information content (AvgIpc) is 1.94. The molecule has 0 aliphatic carbocycles. The Kier molecular flexibility index (Phi) is 2.47. The molecule has 0 bridgehead atoms. The summed E-state index contributed by atoms with van der Waals surface area (Å²) in [7, 11) is 0. The highest BCUT2D eigenvalue weighted by Gasteiger charge is 2.26. The minimum absolute atomic E-state index is 0.0376. The fourth-order valence-electron chi connectivity index (χ4n) is 0.891. The van der Waals surface area contributed by atoms with E-state index in [0.29, 0.717) is 6.42 Å². The molecule has 0 saturated carbocycles. The molecular weight excluding hydrogens is 158 g/mol. The number of rotatable bonds is 2. The molecule has 1 atom stereocenters. The summed E-state index contributed by atoms with van der Waals surface area (Å²) in [5.74, 6) is -0.310. The van der Waals surface area contributed by atoms with Gasteiger partial charge in [0.05, 0.1) is 18.7 Å². The number of amides is 1. The lowest BCUT2D eigenvalue weighted by atomic mass is 10.00. The van der Waals surface area contributed by atoms with Gasteiger partial charge >= 0.3 is 5.97 Å². The van der Waals surface area contributed by atoms with Gasteiger partial charge in [0.25, 0.3) is 0 Å². The highest BCUT2D eigenvalue weighted by molar-refractivity contribution is 5.84. The maximum atomic E-state index is 10.5. The molecule has 4 nitrogen and oxygen atoms in total. The fourth-order valence-corrected chi connectivity index (χ4v) is 0.891. The smallest absolute Gasteiger partial charge is 0.307 e. The van der Waals surface area contributed by atoms with Crippen LogP contribution in [0.3, 0.4) is 0 Å². The third-order valence-corrected chi connectivity index (χ3v) is 1.69. The molecule has 1 unspecified atom stereocenters. The van der Waals surface area contributed by atoms with Crippen LogP contribution in [0.2, 0.25) is 0 Å². The van der Waals surface area contributed by atoms with E-state index < -0.39 is 0 Å². The molecule has 0 aromatic rings. The molecule has 0 radical (unpaired) electrons. The molecule has 4 heteroatoms.